The second-order valence-corrected chi connectivity index (χ2v) is 6.33. The maximum Gasteiger partial charge on any atom is 0.472 e. The van der Waals surface area contributed by atoms with Gasteiger partial charge in [0.15, 0.2) is 0 Å². The number of phosphoric ester groups is 2. The van der Waals surface area contributed by atoms with Crippen LogP contribution >= 0.6 is 15.6 Å². The third kappa shape index (κ3) is 4.53. The normalized spacial score (nSPS) is 35.5. The molecule has 4 atom stereocenters. The second kappa shape index (κ2) is 6.05. The SMILES string of the molecule is O=P(O)(O)OC[C@H]1O[C@@](CO)(OP(=O)(O)O)[C@@H](O)[C@H]1O. The third-order valence-electron chi connectivity index (χ3n) is 2.41. The van der Waals surface area contributed by atoms with Crippen molar-refractivity contribution in [3.63, 3.8) is 0 Å². The van der Waals surface area contributed by atoms with Crippen LogP contribution in [-0.4, -0.2) is 72.2 Å². The summed E-state index contributed by atoms with van der Waals surface area (Å²) in [5.41, 5.74) is 0. The first-order valence-electron chi connectivity index (χ1n) is 5.01. The maximum atomic E-state index is 10.8. The summed E-state index contributed by atoms with van der Waals surface area (Å²) in [7, 11) is -10.1. The van der Waals surface area contributed by atoms with E-state index in [4.69, 9.17) is 29.4 Å². The Bertz CT molecular complexity index is 428. The maximum absolute atomic E-state index is 10.8. The van der Waals surface area contributed by atoms with E-state index < -0.39 is 53.0 Å². The molecule has 0 aromatic carbocycles. The van der Waals surface area contributed by atoms with Crippen LogP contribution in [0.1, 0.15) is 0 Å². The summed E-state index contributed by atoms with van der Waals surface area (Å²) in [5, 5.41) is 28.2. The van der Waals surface area contributed by atoms with Crippen LogP contribution in [0.2, 0.25) is 0 Å². The molecule has 12 nitrogen and oxygen atoms in total. The van der Waals surface area contributed by atoms with E-state index in [1.165, 1.54) is 0 Å². The van der Waals surface area contributed by atoms with Crippen LogP contribution in [0.4, 0.5) is 0 Å². The molecule has 120 valence electrons. The Hall–Kier alpha value is 0.0600. The number of ether oxygens (including phenoxy) is 1. The van der Waals surface area contributed by atoms with Crippen molar-refractivity contribution in [3.05, 3.63) is 0 Å². The molecule has 0 saturated carbocycles. The highest BCUT2D eigenvalue weighted by atomic mass is 31.2. The van der Waals surface area contributed by atoms with Gasteiger partial charge in [-0.2, -0.15) is 0 Å². The van der Waals surface area contributed by atoms with Gasteiger partial charge < -0.3 is 39.6 Å². The van der Waals surface area contributed by atoms with E-state index in [2.05, 4.69) is 9.05 Å². The van der Waals surface area contributed by atoms with Gasteiger partial charge in [0.05, 0.1) is 6.61 Å². The first-order chi connectivity index (χ1) is 8.90. The summed E-state index contributed by atoms with van der Waals surface area (Å²) < 4.78 is 34.2. The van der Waals surface area contributed by atoms with Crippen LogP contribution < -0.4 is 0 Å². The van der Waals surface area contributed by atoms with Gasteiger partial charge in [0, 0.05) is 0 Å². The van der Waals surface area contributed by atoms with Gasteiger partial charge in [-0.3, -0.25) is 4.52 Å². The quantitative estimate of drug-likeness (QED) is 0.242. The molecule has 0 aliphatic carbocycles. The molecule has 0 radical (unpaired) electrons. The Morgan fingerprint density at radius 2 is 1.65 bits per heavy atom. The zero-order valence-corrected chi connectivity index (χ0v) is 11.5. The van der Waals surface area contributed by atoms with Crippen molar-refractivity contribution in [2.24, 2.45) is 0 Å². The molecule has 0 aromatic heterocycles. The van der Waals surface area contributed by atoms with Crippen LogP contribution in [0.25, 0.3) is 0 Å². The lowest BCUT2D eigenvalue weighted by molar-refractivity contribution is -0.237. The van der Waals surface area contributed by atoms with Gasteiger partial charge in [0.1, 0.15) is 24.9 Å². The summed E-state index contributed by atoms with van der Waals surface area (Å²) in [4.78, 5) is 34.3. The largest absolute Gasteiger partial charge is 0.472 e. The topological polar surface area (TPSA) is 203 Å². The summed E-state index contributed by atoms with van der Waals surface area (Å²) in [6.45, 7) is -2.14. The second-order valence-electron chi connectivity index (χ2n) is 3.93. The van der Waals surface area contributed by atoms with E-state index in [0.29, 0.717) is 0 Å². The molecule has 1 heterocycles. The fourth-order valence-electron chi connectivity index (χ4n) is 1.60. The zero-order chi connectivity index (χ0) is 15.8. The molecule has 0 bridgehead atoms. The monoisotopic (exact) mass is 340 g/mol. The van der Waals surface area contributed by atoms with Gasteiger partial charge >= 0.3 is 15.6 Å². The van der Waals surface area contributed by atoms with Gasteiger partial charge in [-0.05, 0) is 0 Å². The fourth-order valence-corrected chi connectivity index (χ4v) is 2.55. The molecule has 0 aromatic rings. The van der Waals surface area contributed by atoms with E-state index in [9.17, 15) is 19.3 Å². The van der Waals surface area contributed by atoms with Gasteiger partial charge in [-0.15, -0.1) is 0 Å². The molecular formula is C6H14O12P2. The molecule has 1 saturated heterocycles. The first-order valence-corrected chi connectivity index (χ1v) is 8.07. The lowest BCUT2D eigenvalue weighted by atomic mass is 10.1. The highest BCUT2D eigenvalue weighted by molar-refractivity contribution is 7.46. The van der Waals surface area contributed by atoms with Crippen molar-refractivity contribution < 1.29 is 57.8 Å². The van der Waals surface area contributed by atoms with E-state index in [0.717, 1.165) is 0 Å². The Morgan fingerprint density at radius 3 is 2.05 bits per heavy atom. The highest BCUT2D eigenvalue weighted by Crippen LogP contribution is 2.47. The highest BCUT2D eigenvalue weighted by Gasteiger charge is 2.58. The van der Waals surface area contributed by atoms with E-state index in [-0.39, 0.29) is 0 Å². The van der Waals surface area contributed by atoms with Gasteiger partial charge in [0.2, 0.25) is 5.79 Å². The standard InChI is InChI=1S/C6H14O12P2/c7-2-6(18-20(13,14)15)5(9)4(8)3(17-6)1-16-19(10,11)12/h3-5,7-9H,1-2H2,(H2,10,11,12)(H2,13,14,15)/t3-,4+,5+,6+/m1/s1. The molecule has 1 rings (SSSR count). The summed E-state index contributed by atoms with van der Waals surface area (Å²) in [6.07, 6.45) is -5.53. The molecule has 1 aliphatic rings. The van der Waals surface area contributed by atoms with E-state index >= 15 is 0 Å². The van der Waals surface area contributed by atoms with Gasteiger partial charge in [-0.25, -0.2) is 13.7 Å². The van der Waals surface area contributed by atoms with E-state index in [1.54, 1.807) is 0 Å². The fraction of sp³-hybridized carbons (Fsp3) is 1.00. The van der Waals surface area contributed by atoms with Crippen molar-refractivity contribution in [1.29, 1.82) is 0 Å². The molecule has 1 aliphatic heterocycles. The zero-order valence-electron chi connectivity index (χ0n) is 9.71. The Balaban J connectivity index is 2.85. The third-order valence-corrected chi connectivity index (χ3v) is 3.44. The van der Waals surface area contributed by atoms with Gasteiger partial charge in [0.25, 0.3) is 0 Å². The van der Waals surface area contributed by atoms with Crippen LogP contribution in [-0.2, 0) is 22.9 Å². The summed E-state index contributed by atoms with van der Waals surface area (Å²) >= 11 is 0. The lowest BCUT2D eigenvalue weighted by Gasteiger charge is -2.29. The number of rotatable bonds is 6. The first kappa shape index (κ1) is 18.1. The van der Waals surface area contributed by atoms with Crippen molar-refractivity contribution in [2.45, 2.75) is 24.1 Å². The number of phosphoric acid groups is 2. The van der Waals surface area contributed by atoms with Gasteiger partial charge in [-0.1, -0.05) is 0 Å². The molecule has 20 heavy (non-hydrogen) atoms. The molecular weight excluding hydrogens is 326 g/mol. The Labute approximate surface area is 112 Å². The molecule has 0 unspecified atom stereocenters. The Kier molecular flexibility index (Phi) is 5.48. The van der Waals surface area contributed by atoms with Crippen molar-refractivity contribution >= 4 is 15.6 Å². The smallest absolute Gasteiger partial charge is 0.391 e. The molecule has 1 fully saturated rings. The molecule has 7 N–H and O–H groups in total. The average Bonchev–Trinajstić information content (AvgIpc) is 2.49. The molecule has 0 amide bonds. The van der Waals surface area contributed by atoms with Crippen molar-refractivity contribution in [3.8, 4) is 0 Å². The Morgan fingerprint density at radius 1 is 1.10 bits per heavy atom. The lowest BCUT2D eigenvalue weighted by Crippen LogP contribution is -2.47. The number of aliphatic hydroxyl groups excluding tert-OH is 3. The molecule has 14 heteroatoms. The van der Waals surface area contributed by atoms with E-state index in [1.807, 2.05) is 0 Å². The number of hydrogen-bond acceptors (Lipinski definition) is 8. The minimum atomic E-state index is -5.19. The number of aliphatic hydroxyl groups is 3. The van der Waals surface area contributed by atoms with Crippen LogP contribution in [0.15, 0.2) is 0 Å². The minimum Gasteiger partial charge on any atom is -0.391 e. The average molecular weight is 340 g/mol. The molecule has 0 spiro atoms. The van der Waals surface area contributed by atoms with Crippen LogP contribution in [0.3, 0.4) is 0 Å². The predicted molar refractivity (Wildman–Crippen MR) is 57.8 cm³/mol. The van der Waals surface area contributed by atoms with Crippen LogP contribution in [0.5, 0.6) is 0 Å². The minimum absolute atomic E-state index is 0.908. The van der Waals surface area contributed by atoms with Crippen LogP contribution in [0, 0.1) is 0 Å². The number of hydrogen-bond donors (Lipinski definition) is 7. The van der Waals surface area contributed by atoms with Crippen molar-refractivity contribution in [1.82, 2.24) is 0 Å². The van der Waals surface area contributed by atoms with Crippen molar-refractivity contribution in [2.75, 3.05) is 13.2 Å². The predicted octanol–water partition coefficient (Wildman–Crippen LogP) is -2.99. The summed E-state index contributed by atoms with van der Waals surface area (Å²) in [6, 6.07) is 0. The summed E-state index contributed by atoms with van der Waals surface area (Å²) in [5.74, 6) is -2.64.